The first-order valence-electron chi connectivity index (χ1n) is 5.36. The van der Waals surface area contributed by atoms with E-state index in [1.165, 1.54) is 13.8 Å². The summed E-state index contributed by atoms with van der Waals surface area (Å²) in [4.78, 5) is 21.3. The average Bonchev–Trinajstić information content (AvgIpc) is 2.22. The van der Waals surface area contributed by atoms with Gasteiger partial charge in [0.2, 0.25) is 0 Å². The van der Waals surface area contributed by atoms with Crippen molar-refractivity contribution in [2.75, 3.05) is 13.2 Å². The largest absolute Gasteiger partial charge is 0.465 e. The van der Waals surface area contributed by atoms with Crippen molar-refractivity contribution in [3.8, 4) is 0 Å². The Kier molecular flexibility index (Phi) is 6.75. The fraction of sp³-hybridized carbons (Fsp3) is 0.818. The van der Waals surface area contributed by atoms with Crippen LogP contribution < -0.4 is 0 Å². The van der Waals surface area contributed by atoms with E-state index in [9.17, 15) is 14.7 Å². The molecule has 0 saturated carbocycles. The summed E-state index contributed by atoms with van der Waals surface area (Å²) >= 11 is 0. The van der Waals surface area contributed by atoms with Gasteiger partial charge in [0.05, 0.1) is 6.10 Å². The number of carbonyl (C=O) groups excluding carboxylic acids is 2. The highest BCUT2D eigenvalue weighted by molar-refractivity contribution is 5.71. The lowest BCUT2D eigenvalue weighted by atomic mass is 10.0. The molecule has 17 heavy (non-hydrogen) atoms. The molecule has 1 unspecified atom stereocenters. The number of ether oxygens (including phenoxy) is 3. The van der Waals surface area contributed by atoms with E-state index in [0.29, 0.717) is 0 Å². The SMILES string of the molecule is CC(C)OCC(=O)OC(C)(C)C(O)COC=O. The van der Waals surface area contributed by atoms with Gasteiger partial charge in [-0.1, -0.05) is 0 Å². The van der Waals surface area contributed by atoms with Gasteiger partial charge in [-0.2, -0.15) is 0 Å². The smallest absolute Gasteiger partial charge is 0.332 e. The standard InChI is InChI=1S/C11H20O6/c1-8(2)16-6-10(14)17-11(3,4)9(13)5-15-7-12/h7-9,13H,5-6H2,1-4H3. The molecule has 0 aliphatic heterocycles. The normalized spacial score (nSPS) is 13.3. The predicted molar refractivity (Wildman–Crippen MR) is 59.3 cm³/mol. The van der Waals surface area contributed by atoms with Gasteiger partial charge in [-0.15, -0.1) is 0 Å². The van der Waals surface area contributed by atoms with Crippen LogP contribution in [-0.2, 0) is 23.8 Å². The van der Waals surface area contributed by atoms with Crippen LogP contribution in [0.25, 0.3) is 0 Å². The maximum absolute atomic E-state index is 11.4. The van der Waals surface area contributed by atoms with Gasteiger partial charge in [0.15, 0.2) is 0 Å². The van der Waals surface area contributed by atoms with Gasteiger partial charge in [0.1, 0.15) is 24.9 Å². The molecule has 1 N–H and O–H groups in total. The van der Waals surface area contributed by atoms with Crippen molar-refractivity contribution in [3.05, 3.63) is 0 Å². The minimum atomic E-state index is -1.14. The number of aliphatic hydroxyl groups is 1. The second-order valence-corrected chi connectivity index (χ2v) is 4.38. The third kappa shape index (κ3) is 6.91. The van der Waals surface area contributed by atoms with Crippen LogP contribution in [0, 0.1) is 0 Å². The third-order valence-corrected chi connectivity index (χ3v) is 2.04. The summed E-state index contributed by atoms with van der Waals surface area (Å²) in [6, 6.07) is 0. The van der Waals surface area contributed by atoms with Crippen LogP contribution in [-0.4, -0.2) is 48.6 Å². The Morgan fingerprint density at radius 1 is 1.41 bits per heavy atom. The van der Waals surface area contributed by atoms with Crippen LogP contribution in [0.3, 0.4) is 0 Å². The second-order valence-electron chi connectivity index (χ2n) is 4.38. The molecule has 0 amide bonds. The maximum atomic E-state index is 11.4. The fourth-order valence-electron chi connectivity index (χ4n) is 0.957. The van der Waals surface area contributed by atoms with Crippen LogP contribution in [0.1, 0.15) is 27.7 Å². The Labute approximate surface area is 101 Å². The number of esters is 1. The van der Waals surface area contributed by atoms with Crippen molar-refractivity contribution in [2.24, 2.45) is 0 Å². The lowest BCUT2D eigenvalue weighted by Gasteiger charge is -2.29. The van der Waals surface area contributed by atoms with E-state index in [2.05, 4.69) is 4.74 Å². The van der Waals surface area contributed by atoms with Gasteiger partial charge in [0, 0.05) is 0 Å². The van der Waals surface area contributed by atoms with Crippen LogP contribution in [0.5, 0.6) is 0 Å². The van der Waals surface area contributed by atoms with Crippen LogP contribution >= 0.6 is 0 Å². The molecule has 0 aliphatic carbocycles. The van der Waals surface area contributed by atoms with E-state index < -0.39 is 17.7 Å². The van der Waals surface area contributed by atoms with Gasteiger partial charge in [0.25, 0.3) is 6.47 Å². The van der Waals surface area contributed by atoms with E-state index in [1.54, 1.807) is 13.8 Å². The summed E-state index contributed by atoms with van der Waals surface area (Å²) < 4.78 is 14.5. The van der Waals surface area contributed by atoms with Gasteiger partial charge < -0.3 is 19.3 Å². The predicted octanol–water partition coefficient (Wildman–Crippen LogP) is 0.267. The molecular weight excluding hydrogens is 228 g/mol. The quantitative estimate of drug-likeness (QED) is 0.490. The molecule has 0 aromatic heterocycles. The Morgan fingerprint density at radius 3 is 2.47 bits per heavy atom. The summed E-state index contributed by atoms with van der Waals surface area (Å²) in [5, 5.41) is 9.63. The zero-order chi connectivity index (χ0) is 13.5. The number of hydrogen-bond donors (Lipinski definition) is 1. The lowest BCUT2D eigenvalue weighted by molar-refractivity contribution is -0.178. The molecule has 0 bridgehead atoms. The second kappa shape index (κ2) is 7.24. The number of carbonyl (C=O) groups is 2. The number of rotatable bonds is 8. The maximum Gasteiger partial charge on any atom is 0.332 e. The average molecular weight is 248 g/mol. The summed E-state index contributed by atoms with van der Waals surface area (Å²) in [6.07, 6.45) is -1.16. The molecule has 0 rings (SSSR count). The minimum Gasteiger partial charge on any atom is -0.465 e. The van der Waals surface area contributed by atoms with Gasteiger partial charge in [-0.3, -0.25) is 4.79 Å². The van der Waals surface area contributed by atoms with Crippen LogP contribution in [0.4, 0.5) is 0 Å². The molecule has 6 heteroatoms. The third-order valence-electron chi connectivity index (χ3n) is 2.04. The van der Waals surface area contributed by atoms with Crippen molar-refractivity contribution >= 4 is 12.4 Å². The molecular formula is C11H20O6. The topological polar surface area (TPSA) is 82.1 Å². The highest BCUT2D eigenvalue weighted by atomic mass is 16.6. The van der Waals surface area contributed by atoms with Crippen molar-refractivity contribution in [2.45, 2.75) is 45.5 Å². The number of hydrogen-bond acceptors (Lipinski definition) is 6. The van der Waals surface area contributed by atoms with Crippen molar-refractivity contribution in [3.63, 3.8) is 0 Å². The molecule has 0 aliphatic rings. The molecule has 0 radical (unpaired) electrons. The summed E-state index contributed by atoms with van der Waals surface area (Å²) in [7, 11) is 0. The van der Waals surface area contributed by atoms with Crippen LogP contribution in [0.15, 0.2) is 0 Å². The molecule has 0 spiro atoms. The van der Waals surface area contributed by atoms with Gasteiger partial charge >= 0.3 is 5.97 Å². The molecule has 0 heterocycles. The van der Waals surface area contributed by atoms with E-state index in [4.69, 9.17) is 9.47 Å². The monoisotopic (exact) mass is 248 g/mol. The molecule has 6 nitrogen and oxygen atoms in total. The van der Waals surface area contributed by atoms with E-state index in [-0.39, 0.29) is 25.8 Å². The fourth-order valence-corrected chi connectivity index (χ4v) is 0.957. The van der Waals surface area contributed by atoms with E-state index in [1.807, 2.05) is 0 Å². The van der Waals surface area contributed by atoms with Gasteiger partial charge in [-0.25, -0.2) is 4.79 Å². The zero-order valence-electron chi connectivity index (χ0n) is 10.6. The summed E-state index contributed by atoms with van der Waals surface area (Å²) in [6.45, 7) is 6.47. The molecule has 0 aromatic carbocycles. The molecule has 100 valence electrons. The van der Waals surface area contributed by atoms with Crippen molar-refractivity contribution in [1.29, 1.82) is 0 Å². The highest BCUT2D eigenvalue weighted by Gasteiger charge is 2.32. The minimum absolute atomic E-state index is 0.0750. The first-order valence-corrected chi connectivity index (χ1v) is 5.36. The first kappa shape index (κ1) is 15.9. The summed E-state index contributed by atoms with van der Waals surface area (Å²) in [5.41, 5.74) is -1.14. The Morgan fingerprint density at radius 2 is 2.00 bits per heavy atom. The van der Waals surface area contributed by atoms with E-state index >= 15 is 0 Å². The first-order chi connectivity index (χ1) is 7.79. The molecule has 0 saturated heterocycles. The molecule has 0 fully saturated rings. The number of aliphatic hydroxyl groups excluding tert-OH is 1. The van der Waals surface area contributed by atoms with Crippen LogP contribution in [0.2, 0.25) is 0 Å². The Balaban J connectivity index is 4.13. The summed E-state index contributed by atoms with van der Waals surface area (Å²) in [5.74, 6) is -0.575. The van der Waals surface area contributed by atoms with Crippen molar-refractivity contribution < 1.29 is 28.9 Å². The van der Waals surface area contributed by atoms with E-state index in [0.717, 1.165) is 0 Å². The molecule has 1 atom stereocenters. The lowest BCUT2D eigenvalue weighted by Crippen LogP contribution is -2.44. The van der Waals surface area contributed by atoms with Crippen molar-refractivity contribution in [1.82, 2.24) is 0 Å². The molecule has 0 aromatic rings. The van der Waals surface area contributed by atoms with Gasteiger partial charge in [-0.05, 0) is 27.7 Å². The Hall–Kier alpha value is -1.14. The Bertz CT molecular complexity index is 248. The zero-order valence-corrected chi connectivity index (χ0v) is 10.6. The highest BCUT2D eigenvalue weighted by Crippen LogP contribution is 2.15.